The number of hydrogen-bond donors (Lipinski definition) is 1. The Balaban J connectivity index is 1.93. The van der Waals surface area contributed by atoms with Crippen LogP contribution in [0.5, 0.6) is 11.5 Å². The van der Waals surface area contributed by atoms with E-state index in [1.807, 2.05) is 20.1 Å². The van der Waals surface area contributed by atoms with Gasteiger partial charge in [-0.25, -0.2) is 8.42 Å². The highest BCUT2D eigenvalue weighted by Gasteiger charge is 2.27. The number of rotatable bonds is 11. The zero-order valence-corrected chi connectivity index (χ0v) is 21.0. The number of anilines is 2. The van der Waals surface area contributed by atoms with Gasteiger partial charge >= 0.3 is 0 Å². The Labute approximate surface area is 205 Å². The summed E-state index contributed by atoms with van der Waals surface area (Å²) in [5.74, 6) is 0.634. The lowest BCUT2D eigenvalue weighted by molar-refractivity contribution is -0.114. The molecule has 7 nitrogen and oxygen atoms in total. The summed E-state index contributed by atoms with van der Waals surface area (Å²) in [6, 6.07) is 20.2. The maximum absolute atomic E-state index is 13.6. The van der Waals surface area contributed by atoms with Crippen LogP contribution in [-0.4, -0.2) is 40.3 Å². The molecule has 0 aliphatic heterocycles. The van der Waals surface area contributed by atoms with E-state index in [-0.39, 0.29) is 4.90 Å². The molecule has 0 saturated heterocycles. The largest absolute Gasteiger partial charge is 0.494 e. The summed E-state index contributed by atoms with van der Waals surface area (Å²) in [6.07, 6.45) is 1.92. The van der Waals surface area contributed by atoms with Crippen molar-refractivity contribution in [3.8, 4) is 11.5 Å². The first-order chi connectivity index (χ1) is 16.4. The highest BCUT2D eigenvalue weighted by atomic mass is 32.2. The first-order valence-corrected chi connectivity index (χ1v) is 13.5. The summed E-state index contributed by atoms with van der Waals surface area (Å²) in [6.45, 7) is 4.23. The molecule has 1 N–H and O–H groups in total. The molecule has 0 saturated carbocycles. The molecule has 180 valence electrons. The molecule has 0 radical (unpaired) electrons. The number of nitrogens with zero attached hydrogens (tertiary/aromatic N) is 1. The molecular weight excluding hydrogens is 472 g/mol. The molecule has 0 atom stereocenters. The predicted molar refractivity (Wildman–Crippen MR) is 137 cm³/mol. The molecule has 0 spiro atoms. The second kappa shape index (κ2) is 11.8. The number of carbonyl (C=O) groups is 1. The summed E-state index contributed by atoms with van der Waals surface area (Å²) in [4.78, 5) is 14.0. The first kappa shape index (κ1) is 25.5. The predicted octanol–water partition coefficient (Wildman–Crippen LogP) is 5.04. The van der Waals surface area contributed by atoms with Crippen LogP contribution >= 0.6 is 11.8 Å². The summed E-state index contributed by atoms with van der Waals surface area (Å²) in [7, 11) is -4.02. The average molecular weight is 501 g/mol. The van der Waals surface area contributed by atoms with Crippen molar-refractivity contribution in [3.63, 3.8) is 0 Å². The number of para-hydroxylation sites is 2. The van der Waals surface area contributed by atoms with Crippen LogP contribution < -0.4 is 19.1 Å². The fraction of sp³-hybridized carbons (Fsp3) is 0.240. The van der Waals surface area contributed by atoms with Gasteiger partial charge < -0.3 is 14.8 Å². The fourth-order valence-corrected chi connectivity index (χ4v) is 5.07. The van der Waals surface area contributed by atoms with E-state index in [0.29, 0.717) is 36.1 Å². The Hall–Kier alpha value is -3.17. The van der Waals surface area contributed by atoms with Gasteiger partial charge in [0.2, 0.25) is 5.91 Å². The van der Waals surface area contributed by atoms with Crippen LogP contribution in [0, 0.1) is 0 Å². The smallest absolute Gasteiger partial charge is 0.264 e. The van der Waals surface area contributed by atoms with Crippen molar-refractivity contribution in [3.05, 3.63) is 72.8 Å². The van der Waals surface area contributed by atoms with Crippen molar-refractivity contribution in [1.29, 1.82) is 0 Å². The lowest BCUT2D eigenvalue weighted by Gasteiger charge is -2.24. The molecule has 3 rings (SSSR count). The summed E-state index contributed by atoms with van der Waals surface area (Å²) < 4.78 is 39.3. The minimum atomic E-state index is -4.02. The van der Waals surface area contributed by atoms with E-state index in [2.05, 4.69) is 5.32 Å². The minimum absolute atomic E-state index is 0.0988. The van der Waals surface area contributed by atoms with Gasteiger partial charge in [-0.3, -0.25) is 9.10 Å². The van der Waals surface area contributed by atoms with Crippen LogP contribution in [0.15, 0.2) is 82.6 Å². The molecule has 9 heteroatoms. The van der Waals surface area contributed by atoms with E-state index in [1.165, 1.54) is 11.8 Å². The van der Waals surface area contributed by atoms with Gasteiger partial charge in [0.15, 0.2) is 0 Å². The van der Waals surface area contributed by atoms with E-state index < -0.39 is 22.5 Å². The van der Waals surface area contributed by atoms with Gasteiger partial charge in [-0.05, 0) is 80.8 Å². The Bertz CT molecular complexity index is 1200. The molecule has 0 heterocycles. The Morgan fingerprint density at radius 3 is 2.18 bits per heavy atom. The standard InChI is InChI=1S/C25H28N2O5S2/c1-4-31-20-12-10-19(11-13-20)27(34(29,30)22-16-14-21(33-3)15-17-22)18-25(28)26-23-8-6-7-9-24(23)32-5-2/h6-17H,4-5,18H2,1-3H3,(H,26,28). The Morgan fingerprint density at radius 1 is 0.912 bits per heavy atom. The van der Waals surface area contributed by atoms with Crippen LogP contribution in [0.2, 0.25) is 0 Å². The van der Waals surface area contributed by atoms with E-state index in [4.69, 9.17) is 9.47 Å². The van der Waals surface area contributed by atoms with Crippen molar-refractivity contribution in [2.24, 2.45) is 0 Å². The van der Waals surface area contributed by atoms with E-state index in [0.717, 1.165) is 9.20 Å². The lowest BCUT2D eigenvalue weighted by atomic mass is 10.3. The zero-order valence-electron chi connectivity index (χ0n) is 19.4. The number of benzene rings is 3. The van der Waals surface area contributed by atoms with Crippen LogP contribution in [0.25, 0.3) is 0 Å². The molecule has 0 aromatic heterocycles. The Morgan fingerprint density at radius 2 is 1.56 bits per heavy atom. The van der Waals surface area contributed by atoms with E-state index >= 15 is 0 Å². The molecule has 1 amide bonds. The monoisotopic (exact) mass is 500 g/mol. The third-order valence-electron chi connectivity index (χ3n) is 4.83. The van der Waals surface area contributed by atoms with Crippen LogP contribution in [0.1, 0.15) is 13.8 Å². The SMILES string of the molecule is CCOc1ccc(N(CC(=O)Nc2ccccc2OCC)S(=O)(=O)c2ccc(SC)cc2)cc1. The number of carbonyl (C=O) groups excluding carboxylic acids is 1. The van der Waals surface area contributed by atoms with Gasteiger partial charge in [0.05, 0.1) is 29.5 Å². The van der Waals surface area contributed by atoms with Crippen LogP contribution in [0.4, 0.5) is 11.4 Å². The molecule has 0 bridgehead atoms. The van der Waals surface area contributed by atoms with Crippen molar-refractivity contribution in [2.45, 2.75) is 23.6 Å². The van der Waals surface area contributed by atoms with Gasteiger partial charge in [0.1, 0.15) is 18.0 Å². The van der Waals surface area contributed by atoms with Gasteiger partial charge in [-0.2, -0.15) is 0 Å². The second-order valence-corrected chi connectivity index (χ2v) is 9.83. The number of thioether (sulfide) groups is 1. The topological polar surface area (TPSA) is 84.9 Å². The lowest BCUT2D eigenvalue weighted by Crippen LogP contribution is -2.38. The summed E-state index contributed by atoms with van der Waals surface area (Å²) >= 11 is 1.52. The number of sulfonamides is 1. The molecular formula is C25H28N2O5S2. The Kier molecular flexibility index (Phi) is 8.84. The van der Waals surface area contributed by atoms with Gasteiger partial charge in [-0.15, -0.1) is 11.8 Å². The molecule has 0 aliphatic rings. The zero-order chi connectivity index (χ0) is 24.6. The molecule has 0 aliphatic carbocycles. The molecule has 3 aromatic rings. The number of amides is 1. The van der Waals surface area contributed by atoms with Crippen molar-refractivity contribution in [1.82, 2.24) is 0 Å². The van der Waals surface area contributed by atoms with Gasteiger partial charge in [-0.1, -0.05) is 12.1 Å². The summed E-state index contributed by atoms with van der Waals surface area (Å²) in [5.41, 5.74) is 0.827. The van der Waals surface area contributed by atoms with Gasteiger partial charge in [0, 0.05) is 4.90 Å². The normalized spacial score (nSPS) is 11.0. The molecule has 0 unspecified atom stereocenters. The molecule has 3 aromatic carbocycles. The number of ether oxygens (including phenoxy) is 2. The van der Waals surface area contributed by atoms with Crippen LogP contribution in [0.3, 0.4) is 0 Å². The van der Waals surface area contributed by atoms with Gasteiger partial charge in [0.25, 0.3) is 10.0 Å². The third-order valence-corrected chi connectivity index (χ3v) is 7.36. The van der Waals surface area contributed by atoms with E-state index in [1.54, 1.807) is 72.8 Å². The second-order valence-electron chi connectivity index (χ2n) is 7.09. The first-order valence-electron chi connectivity index (χ1n) is 10.8. The maximum atomic E-state index is 13.6. The maximum Gasteiger partial charge on any atom is 0.264 e. The fourth-order valence-electron chi connectivity index (χ4n) is 3.24. The minimum Gasteiger partial charge on any atom is -0.494 e. The van der Waals surface area contributed by atoms with Crippen molar-refractivity contribution in [2.75, 3.05) is 35.6 Å². The number of hydrogen-bond acceptors (Lipinski definition) is 6. The van der Waals surface area contributed by atoms with E-state index in [9.17, 15) is 13.2 Å². The van der Waals surface area contributed by atoms with Crippen molar-refractivity contribution >= 4 is 39.1 Å². The number of nitrogens with one attached hydrogen (secondary N) is 1. The summed E-state index contributed by atoms with van der Waals surface area (Å²) in [5, 5.41) is 2.77. The van der Waals surface area contributed by atoms with Crippen LogP contribution in [-0.2, 0) is 14.8 Å². The molecule has 34 heavy (non-hydrogen) atoms. The highest BCUT2D eigenvalue weighted by Crippen LogP contribution is 2.28. The quantitative estimate of drug-likeness (QED) is 0.371. The molecule has 0 fully saturated rings. The highest BCUT2D eigenvalue weighted by molar-refractivity contribution is 7.98. The average Bonchev–Trinajstić information content (AvgIpc) is 2.85. The van der Waals surface area contributed by atoms with Crippen molar-refractivity contribution < 1.29 is 22.7 Å². The third kappa shape index (κ3) is 6.24.